The highest BCUT2D eigenvalue weighted by molar-refractivity contribution is 6.74. The highest BCUT2D eigenvalue weighted by atomic mass is 35.5. The van der Waals surface area contributed by atoms with E-state index in [4.69, 9.17) is 16.0 Å². The van der Waals surface area contributed by atoms with Gasteiger partial charge in [0.15, 0.2) is 25.1 Å². The average Bonchev–Trinajstić information content (AvgIpc) is 3.41. The molecule has 0 aliphatic rings. The third-order valence-corrected chi connectivity index (χ3v) is 11.1. The predicted octanol–water partition coefficient (Wildman–Crippen LogP) is 5.74. The Balaban J connectivity index is 1.49. The van der Waals surface area contributed by atoms with Crippen LogP contribution in [0, 0.1) is 5.82 Å². The van der Waals surface area contributed by atoms with Crippen molar-refractivity contribution in [2.75, 3.05) is 17.2 Å². The topological polar surface area (TPSA) is 98.4 Å². The molecule has 0 radical (unpaired) electrons. The van der Waals surface area contributed by atoms with Crippen LogP contribution < -0.4 is 10.6 Å². The molecule has 0 fully saturated rings. The second-order valence-electron chi connectivity index (χ2n) is 9.90. The molecule has 0 saturated carbocycles. The van der Waals surface area contributed by atoms with E-state index in [0.717, 1.165) is 6.20 Å². The molecule has 0 atom stereocenters. The van der Waals surface area contributed by atoms with Crippen molar-refractivity contribution in [3.05, 3.63) is 65.6 Å². The van der Waals surface area contributed by atoms with Crippen LogP contribution >= 0.6 is 11.6 Å². The molecule has 190 valence electrons. The first-order valence-corrected chi connectivity index (χ1v) is 14.8. The minimum absolute atomic E-state index is 0.0217. The van der Waals surface area contributed by atoms with E-state index in [-0.39, 0.29) is 21.6 Å². The smallest absolute Gasteiger partial charge is 0.274 e. The quantitative estimate of drug-likeness (QED) is 0.283. The lowest BCUT2D eigenvalue weighted by Crippen LogP contribution is -2.41. The van der Waals surface area contributed by atoms with Crippen molar-refractivity contribution < 1.29 is 13.6 Å². The zero-order valence-electron chi connectivity index (χ0n) is 20.8. The Kier molecular flexibility index (Phi) is 7.16. The largest absolute Gasteiger partial charge is 0.415 e. The summed E-state index contributed by atoms with van der Waals surface area (Å²) in [6.45, 7) is 12.3. The molecule has 2 N–H and O–H groups in total. The number of pyridine rings is 1. The minimum Gasteiger partial charge on any atom is -0.415 e. The van der Waals surface area contributed by atoms with Crippen molar-refractivity contribution in [2.45, 2.75) is 45.4 Å². The van der Waals surface area contributed by atoms with E-state index in [2.05, 4.69) is 59.7 Å². The number of hydrogen-bond donors (Lipinski definition) is 2. The van der Waals surface area contributed by atoms with Gasteiger partial charge in [0.1, 0.15) is 5.69 Å². The first kappa shape index (κ1) is 25.8. The number of anilines is 3. The maximum absolute atomic E-state index is 13.9. The van der Waals surface area contributed by atoms with E-state index in [0.29, 0.717) is 30.2 Å². The summed E-state index contributed by atoms with van der Waals surface area (Å²) >= 11 is 6.25. The molecule has 4 rings (SSSR count). The Morgan fingerprint density at radius 1 is 1.17 bits per heavy atom. The van der Waals surface area contributed by atoms with Crippen LogP contribution in [0.4, 0.5) is 21.6 Å². The molecule has 36 heavy (non-hydrogen) atoms. The molecule has 0 aromatic carbocycles. The van der Waals surface area contributed by atoms with Crippen molar-refractivity contribution in [3.63, 3.8) is 0 Å². The number of carbonyl (C=O) groups excluding carboxylic acids is 1. The van der Waals surface area contributed by atoms with Crippen LogP contribution in [0.3, 0.4) is 0 Å². The van der Waals surface area contributed by atoms with Gasteiger partial charge in [-0.25, -0.2) is 8.91 Å². The van der Waals surface area contributed by atoms with Gasteiger partial charge < -0.3 is 15.1 Å². The van der Waals surface area contributed by atoms with Gasteiger partial charge in [-0.05, 0) is 36.3 Å². The molecule has 1 amide bonds. The number of hydrogen-bond acceptors (Lipinski definition) is 6. The number of fused-ring (bicyclic) bond motifs is 1. The standard InChI is InChI=1S/C24H29ClFN7O2Si/c1-24(2,3)36(4,5)35-13-12-32-11-9-22(31-32)28-18-14-21(25)30-33-19(18)6-7-20(33)23(34)29-17-8-10-27-15-16(17)26/h6-11,14-15H,12-13H2,1-5H3,(H,28,31)(H,27,29,34). The van der Waals surface area contributed by atoms with Crippen LogP contribution in [0.2, 0.25) is 23.3 Å². The Morgan fingerprint density at radius 3 is 2.67 bits per heavy atom. The number of halogens is 2. The second kappa shape index (κ2) is 10.00. The van der Waals surface area contributed by atoms with E-state index >= 15 is 0 Å². The van der Waals surface area contributed by atoms with Crippen LogP contribution in [0.15, 0.2) is 48.9 Å². The van der Waals surface area contributed by atoms with Gasteiger partial charge in [0, 0.05) is 24.5 Å². The molecule has 0 aliphatic carbocycles. The van der Waals surface area contributed by atoms with Crippen molar-refractivity contribution in [1.82, 2.24) is 24.4 Å². The molecular weight excluding hydrogens is 501 g/mol. The molecule has 0 spiro atoms. The molecule has 0 bridgehead atoms. The van der Waals surface area contributed by atoms with Crippen molar-refractivity contribution in [2.24, 2.45) is 0 Å². The summed E-state index contributed by atoms with van der Waals surface area (Å²) < 4.78 is 23.4. The number of aromatic nitrogens is 5. The molecule has 12 heteroatoms. The number of nitrogens with zero attached hydrogens (tertiary/aromatic N) is 5. The van der Waals surface area contributed by atoms with Gasteiger partial charge in [-0.2, -0.15) is 10.2 Å². The van der Waals surface area contributed by atoms with E-state index in [1.54, 1.807) is 18.2 Å². The number of nitrogens with one attached hydrogen (secondary N) is 2. The maximum atomic E-state index is 13.9. The maximum Gasteiger partial charge on any atom is 0.274 e. The van der Waals surface area contributed by atoms with Crippen molar-refractivity contribution >= 4 is 48.5 Å². The summed E-state index contributed by atoms with van der Waals surface area (Å²) in [4.78, 5) is 16.5. The van der Waals surface area contributed by atoms with Gasteiger partial charge in [-0.15, -0.1) is 0 Å². The fourth-order valence-corrected chi connectivity index (χ4v) is 4.51. The first-order valence-electron chi connectivity index (χ1n) is 11.5. The number of carbonyl (C=O) groups is 1. The van der Waals surface area contributed by atoms with Crippen LogP contribution in [0.1, 0.15) is 31.3 Å². The van der Waals surface area contributed by atoms with Gasteiger partial charge in [0.25, 0.3) is 5.91 Å². The van der Waals surface area contributed by atoms with E-state index in [1.807, 2.05) is 16.9 Å². The molecule has 0 unspecified atom stereocenters. The van der Waals surface area contributed by atoms with Gasteiger partial charge in [-0.3, -0.25) is 14.5 Å². The lowest BCUT2D eigenvalue weighted by Gasteiger charge is -2.36. The summed E-state index contributed by atoms with van der Waals surface area (Å²) in [7, 11) is -1.82. The Morgan fingerprint density at radius 2 is 1.94 bits per heavy atom. The predicted molar refractivity (Wildman–Crippen MR) is 141 cm³/mol. The van der Waals surface area contributed by atoms with Crippen LogP contribution in [0.5, 0.6) is 0 Å². The number of amides is 1. The SMILES string of the molecule is CC(C)(C)[Si](C)(C)OCCn1ccc(Nc2cc(Cl)nn3c(C(=O)Nc4ccncc4F)ccc23)n1. The van der Waals surface area contributed by atoms with Gasteiger partial charge >= 0.3 is 0 Å². The van der Waals surface area contributed by atoms with Gasteiger partial charge in [0.05, 0.1) is 36.2 Å². The van der Waals surface area contributed by atoms with E-state index in [1.165, 1.54) is 16.8 Å². The summed E-state index contributed by atoms with van der Waals surface area (Å²) in [5.74, 6) is -0.560. The molecular formula is C24H29ClFN7O2Si. The minimum atomic E-state index is -1.82. The fourth-order valence-electron chi connectivity index (χ4n) is 3.29. The van der Waals surface area contributed by atoms with E-state index in [9.17, 15) is 9.18 Å². The van der Waals surface area contributed by atoms with Crippen molar-refractivity contribution in [1.29, 1.82) is 0 Å². The molecule has 0 saturated heterocycles. The average molecular weight is 530 g/mol. The molecule has 9 nitrogen and oxygen atoms in total. The summed E-state index contributed by atoms with van der Waals surface area (Å²) in [6, 6.07) is 8.20. The van der Waals surface area contributed by atoms with Crippen LogP contribution in [-0.4, -0.2) is 45.2 Å². The van der Waals surface area contributed by atoms with Crippen LogP contribution in [0.25, 0.3) is 5.52 Å². The first-order chi connectivity index (χ1) is 16.9. The molecule has 4 aromatic rings. The Bertz CT molecular complexity index is 1400. The highest BCUT2D eigenvalue weighted by Gasteiger charge is 2.36. The summed E-state index contributed by atoms with van der Waals surface area (Å²) in [5, 5.41) is 14.9. The lowest BCUT2D eigenvalue weighted by molar-refractivity contribution is 0.102. The third-order valence-electron chi connectivity index (χ3n) is 6.34. The number of rotatable bonds is 8. The highest BCUT2D eigenvalue weighted by Crippen LogP contribution is 2.36. The van der Waals surface area contributed by atoms with Crippen molar-refractivity contribution in [3.8, 4) is 0 Å². The molecule has 4 aromatic heterocycles. The normalized spacial score (nSPS) is 12.2. The fraction of sp³-hybridized carbons (Fsp3) is 0.333. The molecule has 0 aliphatic heterocycles. The summed E-state index contributed by atoms with van der Waals surface area (Å²) in [5.41, 5.74) is 1.44. The molecule has 4 heterocycles. The summed E-state index contributed by atoms with van der Waals surface area (Å²) in [6.07, 6.45) is 4.30. The zero-order chi connectivity index (χ0) is 26.1. The van der Waals surface area contributed by atoms with E-state index < -0.39 is 20.0 Å². The second-order valence-corrected chi connectivity index (χ2v) is 15.1. The third kappa shape index (κ3) is 5.58. The van der Waals surface area contributed by atoms with Gasteiger partial charge in [-0.1, -0.05) is 32.4 Å². The van der Waals surface area contributed by atoms with Gasteiger partial charge in [0.2, 0.25) is 0 Å². The monoisotopic (exact) mass is 529 g/mol. The van der Waals surface area contributed by atoms with Crippen LogP contribution in [-0.2, 0) is 11.0 Å². The Hall–Kier alpha value is -3.28. The zero-order valence-corrected chi connectivity index (χ0v) is 22.6. The Labute approximate surface area is 214 Å². The lowest BCUT2D eigenvalue weighted by atomic mass is 10.2.